The molecule has 0 radical (unpaired) electrons. The van der Waals surface area contributed by atoms with Gasteiger partial charge in [-0.3, -0.25) is 4.90 Å². The van der Waals surface area contributed by atoms with Crippen molar-refractivity contribution < 1.29 is 0 Å². The van der Waals surface area contributed by atoms with Crippen molar-refractivity contribution in [2.75, 3.05) is 33.7 Å². The third kappa shape index (κ3) is 4.43. The lowest BCUT2D eigenvalue weighted by molar-refractivity contribution is 0.140. The van der Waals surface area contributed by atoms with Crippen molar-refractivity contribution in [1.82, 2.24) is 9.80 Å². The molecule has 2 atom stereocenters. The van der Waals surface area contributed by atoms with Crippen LogP contribution in [0.4, 0.5) is 0 Å². The first kappa shape index (κ1) is 16.8. The molecule has 1 fully saturated rings. The van der Waals surface area contributed by atoms with Crippen LogP contribution in [0, 0.1) is 5.92 Å². The van der Waals surface area contributed by atoms with Crippen LogP contribution < -0.4 is 5.73 Å². The Hall–Kier alpha value is -0.610. The molecule has 3 nitrogen and oxygen atoms in total. The van der Waals surface area contributed by atoms with Crippen LogP contribution >= 0.6 is 11.6 Å². The van der Waals surface area contributed by atoms with E-state index in [-0.39, 0.29) is 12.1 Å². The molecule has 1 aliphatic heterocycles. The zero-order chi connectivity index (χ0) is 15.4. The lowest BCUT2D eigenvalue weighted by Crippen LogP contribution is -2.42. The predicted octanol–water partition coefficient (Wildman–Crippen LogP) is 3.00. The van der Waals surface area contributed by atoms with E-state index in [1.165, 1.54) is 25.9 Å². The molecule has 1 aromatic carbocycles. The summed E-state index contributed by atoms with van der Waals surface area (Å²) in [5.41, 5.74) is 7.40. The summed E-state index contributed by atoms with van der Waals surface area (Å²) in [5.74, 6) is 0.759. The summed E-state index contributed by atoms with van der Waals surface area (Å²) in [6.45, 7) is 5.56. The number of halogens is 1. The van der Waals surface area contributed by atoms with Gasteiger partial charge in [-0.1, -0.05) is 29.8 Å². The molecule has 1 aromatic rings. The van der Waals surface area contributed by atoms with Crippen LogP contribution in [-0.2, 0) is 0 Å². The number of nitrogens with zero attached hydrogens (tertiary/aromatic N) is 2. The van der Waals surface area contributed by atoms with Crippen LogP contribution in [0.15, 0.2) is 24.3 Å². The Morgan fingerprint density at radius 3 is 2.52 bits per heavy atom. The van der Waals surface area contributed by atoms with Gasteiger partial charge >= 0.3 is 0 Å². The molecule has 0 aromatic heterocycles. The SMILES string of the molecule is CC(N)C(c1ccccc1Cl)N(C)CC1CCN(C)CC1. The average Bonchev–Trinajstić information content (AvgIpc) is 2.43. The predicted molar refractivity (Wildman–Crippen MR) is 90.7 cm³/mol. The summed E-state index contributed by atoms with van der Waals surface area (Å²) in [6, 6.07) is 8.30. The van der Waals surface area contributed by atoms with Crippen molar-refractivity contribution in [3.8, 4) is 0 Å². The molecule has 21 heavy (non-hydrogen) atoms. The summed E-state index contributed by atoms with van der Waals surface area (Å²) in [5, 5.41) is 0.815. The topological polar surface area (TPSA) is 32.5 Å². The second-order valence-electron chi connectivity index (χ2n) is 6.51. The number of likely N-dealkylation sites (tertiary alicyclic amines) is 1. The third-order valence-corrected chi connectivity index (χ3v) is 4.93. The number of hydrogen-bond donors (Lipinski definition) is 1. The molecule has 2 N–H and O–H groups in total. The highest BCUT2D eigenvalue weighted by Crippen LogP contribution is 2.30. The minimum Gasteiger partial charge on any atom is -0.326 e. The quantitative estimate of drug-likeness (QED) is 0.907. The molecular formula is C17H28ClN3. The van der Waals surface area contributed by atoms with Gasteiger partial charge in [-0.05, 0) is 64.5 Å². The normalized spacial score (nSPS) is 20.7. The first-order valence-electron chi connectivity index (χ1n) is 7.88. The summed E-state index contributed by atoms with van der Waals surface area (Å²) < 4.78 is 0. The summed E-state index contributed by atoms with van der Waals surface area (Å²) >= 11 is 6.38. The standard InChI is InChI=1S/C17H28ClN3/c1-13(19)17(15-6-4-5-7-16(15)18)21(3)12-14-8-10-20(2)11-9-14/h4-7,13-14,17H,8-12,19H2,1-3H3. The minimum atomic E-state index is 0.0566. The van der Waals surface area contributed by atoms with E-state index in [9.17, 15) is 0 Å². The largest absolute Gasteiger partial charge is 0.326 e. The van der Waals surface area contributed by atoms with Gasteiger partial charge in [0.1, 0.15) is 0 Å². The lowest BCUT2D eigenvalue weighted by atomic mass is 9.93. The van der Waals surface area contributed by atoms with Gasteiger partial charge in [0.05, 0.1) is 6.04 Å². The minimum absolute atomic E-state index is 0.0566. The van der Waals surface area contributed by atoms with Crippen LogP contribution in [0.2, 0.25) is 5.02 Å². The number of likely N-dealkylation sites (N-methyl/N-ethyl adjacent to an activating group) is 1. The Morgan fingerprint density at radius 1 is 1.33 bits per heavy atom. The van der Waals surface area contributed by atoms with E-state index in [0.717, 1.165) is 23.0 Å². The number of piperidine rings is 1. The smallest absolute Gasteiger partial charge is 0.0508 e. The molecular weight excluding hydrogens is 282 g/mol. The highest BCUT2D eigenvalue weighted by Gasteiger charge is 2.26. The van der Waals surface area contributed by atoms with E-state index in [4.69, 9.17) is 17.3 Å². The number of hydrogen-bond acceptors (Lipinski definition) is 3. The molecule has 0 spiro atoms. The highest BCUT2D eigenvalue weighted by molar-refractivity contribution is 6.31. The fourth-order valence-electron chi connectivity index (χ4n) is 3.40. The van der Waals surface area contributed by atoms with E-state index >= 15 is 0 Å². The fraction of sp³-hybridized carbons (Fsp3) is 0.647. The van der Waals surface area contributed by atoms with Gasteiger partial charge in [0.15, 0.2) is 0 Å². The maximum absolute atomic E-state index is 6.38. The summed E-state index contributed by atoms with van der Waals surface area (Å²) in [7, 11) is 4.38. The molecule has 2 rings (SSSR count). The second kappa shape index (κ2) is 7.59. The fourth-order valence-corrected chi connectivity index (χ4v) is 3.65. The Kier molecular flexibility index (Phi) is 6.06. The molecule has 0 bridgehead atoms. The molecule has 0 aliphatic carbocycles. The van der Waals surface area contributed by atoms with Crippen LogP contribution in [0.1, 0.15) is 31.4 Å². The first-order chi connectivity index (χ1) is 9.99. The Morgan fingerprint density at radius 2 is 1.95 bits per heavy atom. The van der Waals surface area contributed by atoms with Gasteiger partial charge in [0.2, 0.25) is 0 Å². The molecule has 2 unspecified atom stereocenters. The Balaban J connectivity index is 2.06. The second-order valence-corrected chi connectivity index (χ2v) is 6.92. The van der Waals surface area contributed by atoms with Crippen LogP contribution in [-0.4, -0.2) is 49.6 Å². The van der Waals surface area contributed by atoms with Crippen molar-refractivity contribution in [3.63, 3.8) is 0 Å². The summed E-state index contributed by atoms with van der Waals surface area (Å²) in [6.07, 6.45) is 2.55. The molecule has 1 heterocycles. The summed E-state index contributed by atoms with van der Waals surface area (Å²) in [4.78, 5) is 4.80. The number of nitrogens with two attached hydrogens (primary N) is 1. The van der Waals surface area contributed by atoms with E-state index in [0.29, 0.717) is 0 Å². The van der Waals surface area contributed by atoms with E-state index in [2.05, 4.69) is 36.9 Å². The van der Waals surface area contributed by atoms with Crippen molar-refractivity contribution >= 4 is 11.6 Å². The van der Waals surface area contributed by atoms with Gasteiger partial charge < -0.3 is 10.6 Å². The van der Waals surface area contributed by atoms with Crippen LogP contribution in [0.25, 0.3) is 0 Å². The Labute approximate surface area is 134 Å². The average molecular weight is 310 g/mol. The van der Waals surface area contributed by atoms with Crippen LogP contribution in [0.3, 0.4) is 0 Å². The molecule has 0 amide bonds. The third-order valence-electron chi connectivity index (χ3n) is 4.58. The Bertz CT molecular complexity index is 441. The van der Waals surface area contributed by atoms with E-state index in [1.54, 1.807) is 0 Å². The molecule has 0 saturated carbocycles. The number of benzene rings is 1. The van der Waals surface area contributed by atoms with Crippen LogP contribution in [0.5, 0.6) is 0 Å². The molecule has 1 saturated heterocycles. The lowest BCUT2D eigenvalue weighted by Gasteiger charge is -2.37. The maximum Gasteiger partial charge on any atom is 0.0508 e. The molecule has 1 aliphatic rings. The van der Waals surface area contributed by atoms with Gasteiger partial charge in [-0.25, -0.2) is 0 Å². The van der Waals surface area contributed by atoms with Gasteiger partial charge in [0.25, 0.3) is 0 Å². The molecule has 118 valence electrons. The number of rotatable bonds is 5. The van der Waals surface area contributed by atoms with E-state index < -0.39 is 0 Å². The van der Waals surface area contributed by atoms with Gasteiger partial charge in [0, 0.05) is 17.6 Å². The van der Waals surface area contributed by atoms with Crippen molar-refractivity contribution in [3.05, 3.63) is 34.9 Å². The highest BCUT2D eigenvalue weighted by atomic mass is 35.5. The maximum atomic E-state index is 6.38. The zero-order valence-electron chi connectivity index (χ0n) is 13.4. The zero-order valence-corrected chi connectivity index (χ0v) is 14.2. The first-order valence-corrected chi connectivity index (χ1v) is 8.25. The monoisotopic (exact) mass is 309 g/mol. The van der Waals surface area contributed by atoms with E-state index in [1.807, 2.05) is 18.2 Å². The van der Waals surface area contributed by atoms with Gasteiger partial charge in [-0.15, -0.1) is 0 Å². The molecule has 4 heteroatoms. The van der Waals surface area contributed by atoms with Crippen molar-refractivity contribution in [2.24, 2.45) is 11.7 Å². The van der Waals surface area contributed by atoms with Crippen molar-refractivity contribution in [1.29, 1.82) is 0 Å². The van der Waals surface area contributed by atoms with Gasteiger partial charge in [-0.2, -0.15) is 0 Å². The van der Waals surface area contributed by atoms with Crippen molar-refractivity contribution in [2.45, 2.75) is 31.8 Å².